The van der Waals surface area contributed by atoms with Crippen molar-refractivity contribution in [2.75, 3.05) is 10.6 Å². The molecule has 0 aliphatic heterocycles. The van der Waals surface area contributed by atoms with Crippen LogP contribution < -0.4 is 16.0 Å². The van der Waals surface area contributed by atoms with E-state index in [0.29, 0.717) is 17.1 Å². The first-order valence-corrected chi connectivity index (χ1v) is 8.22. The zero-order chi connectivity index (χ0) is 18.4. The zero-order valence-corrected chi connectivity index (χ0v) is 14.1. The lowest BCUT2D eigenvalue weighted by molar-refractivity contribution is -0.137. The number of rotatable bonds is 4. The Kier molecular flexibility index (Phi) is 5.29. The third-order valence-electron chi connectivity index (χ3n) is 3.86. The van der Waals surface area contributed by atoms with Gasteiger partial charge in [-0.1, -0.05) is 48.5 Å². The van der Waals surface area contributed by atoms with Crippen molar-refractivity contribution in [1.82, 2.24) is 5.32 Å². The lowest BCUT2D eigenvalue weighted by Crippen LogP contribution is -2.40. The first-order chi connectivity index (χ1) is 12.6. The van der Waals surface area contributed by atoms with E-state index >= 15 is 0 Å². The maximum Gasteiger partial charge on any atom is 0.320 e. The highest BCUT2D eigenvalue weighted by Crippen LogP contribution is 2.26. The van der Waals surface area contributed by atoms with E-state index in [0.717, 1.165) is 5.56 Å². The van der Waals surface area contributed by atoms with Crippen molar-refractivity contribution in [1.29, 1.82) is 0 Å². The highest BCUT2D eigenvalue weighted by molar-refractivity contribution is 6.42. The van der Waals surface area contributed by atoms with Gasteiger partial charge in [0, 0.05) is 23.6 Å². The van der Waals surface area contributed by atoms with E-state index in [1.165, 1.54) is 4.90 Å². The fraction of sp³-hybridized carbons (Fsp3) is 0.0476. The second kappa shape index (κ2) is 7.98. The Balaban J connectivity index is 1.82. The van der Waals surface area contributed by atoms with Crippen LogP contribution in [0, 0.1) is 0 Å². The van der Waals surface area contributed by atoms with E-state index in [1.54, 1.807) is 36.4 Å². The molecule has 3 N–H and O–H groups in total. The fourth-order valence-corrected chi connectivity index (χ4v) is 2.54. The number of nitrogens with two attached hydrogens (primary N) is 1. The van der Waals surface area contributed by atoms with Crippen LogP contribution in [0.2, 0.25) is 0 Å². The highest BCUT2D eigenvalue weighted by atomic mass is 16.2. The van der Waals surface area contributed by atoms with E-state index in [-0.39, 0.29) is 6.54 Å². The number of hydrogen-bond donors (Lipinski definition) is 2. The smallest absolute Gasteiger partial charge is 0.320 e. The van der Waals surface area contributed by atoms with E-state index in [2.05, 4.69) is 5.32 Å². The molecule has 130 valence electrons. The SMILES string of the molecule is Nc1ccc(N(C(=O)C(=O)NCc2ccccc2)c2ccccc2)cc1. The average molecular weight is 345 g/mol. The van der Waals surface area contributed by atoms with E-state index < -0.39 is 11.8 Å². The number of hydrogen-bond acceptors (Lipinski definition) is 3. The van der Waals surface area contributed by atoms with Crippen LogP contribution in [0.3, 0.4) is 0 Å². The molecule has 3 rings (SSSR count). The molecule has 0 atom stereocenters. The molecule has 0 spiro atoms. The molecule has 3 aromatic carbocycles. The molecule has 0 aromatic heterocycles. The standard InChI is InChI=1S/C21H19N3O2/c22-17-11-13-19(14-12-17)24(18-9-5-2-6-10-18)21(26)20(25)23-15-16-7-3-1-4-8-16/h1-14H,15,22H2,(H,23,25). The second-order valence-electron chi connectivity index (χ2n) is 5.74. The highest BCUT2D eigenvalue weighted by Gasteiger charge is 2.24. The molecule has 5 nitrogen and oxygen atoms in total. The fourth-order valence-electron chi connectivity index (χ4n) is 2.54. The van der Waals surface area contributed by atoms with Crippen LogP contribution >= 0.6 is 0 Å². The summed E-state index contributed by atoms with van der Waals surface area (Å²) in [6.45, 7) is 0.287. The van der Waals surface area contributed by atoms with Crippen LogP contribution in [0.15, 0.2) is 84.9 Å². The van der Waals surface area contributed by atoms with Crippen molar-refractivity contribution in [3.63, 3.8) is 0 Å². The number of nitrogens with zero attached hydrogens (tertiary/aromatic N) is 1. The summed E-state index contributed by atoms with van der Waals surface area (Å²) in [5.41, 5.74) is 8.42. The van der Waals surface area contributed by atoms with Gasteiger partial charge in [0.25, 0.3) is 0 Å². The van der Waals surface area contributed by atoms with Gasteiger partial charge >= 0.3 is 11.8 Å². The van der Waals surface area contributed by atoms with Gasteiger partial charge in [-0.25, -0.2) is 0 Å². The lowest BCUT2D eigenvalue weighted by atomic mass is 10.2. The molecular formula is C21H19N3O2. The molecule has 0 heterocycles. The summed E-state index contributed by atoms with van der Waals surface area (Å²) in [5, 5.41) is 2.68. The largest absolute Gasteiger partial charge is 0.399 e. The summed E-state index contributed by atoms with van der Waals surface area (Å²) in [6, 6.07) is 25.3. The maximum absolute atomic E-state index is 12.8. The predicted molar refractivity (Wildman–Crippen MR) is 103 cm³/mol. The molecular weight excluding hydrogens is 326 g/mol. The number of carbonyl (C=O) groups is 2. The summed E-state index contributed by atoms with van der Waals surface area (Å²) < 4.78 is 0. The Bertz CT molecular complexity index is 878. The van der Waals surface area contributed by atoms with Gasteiger partial charge in [0.05, 0.1) is 0 Å². The molecule has 0 unspecified atom stereocenters. The number of benzene rings is 3. The summed E-state index contributed by atoms with van der Waals surface area (Å²) >= 11 is 0. The van der Waals surface area contributed by atoms with Gasteiger partial charge < -0.3 is 11.1 Å². The Morgan fingerprint density at radius 3 is 1.92 bits per heavy atom. The zero-order valence-electron chi connectivity index (χ0n) is 14.1. The van der Waals surface area contributed by atoms with Crippen LogP contribution in [-0.4, -0.2) is 11.8 Å². The van der Waals surface area contributed by atoms with Crippen molar-refractivity contribution in [3.8, 4) is 0 Å². The minimum absolute atomic E-state index is 0.287. The molecule has 3 aromatic rings. The molecule has 0 radical (unpaired) electrons. The van der Waals surface area contributed by atoms with Gasteiger partial charge in [0.15, 0.2) is 0 Å². The second-order valence-corrected chi connectivity index (χ2v) is 5.74. The van der Waals surface area contributed by atoms with Crippen LogP contribution in [0.25, 0.3) is 0 Å². The molecule has 5 heteroatoms. The van der Waals surface area contributed by atoms with Crippen LogP contribution in [0.1, 0.15) is 5.56 Å². The van der Waals surface area contributed by atoms with Crippen molar-refractivity contribution in [3.05, 3.63) is 90.5 Å². The normalized spacial score (nSPS) is 10.2. The van der Waals surface area contributed by atoms with E-state index in [1.807, 2.05) is 48.5 Å². The minimum atomic E-state index is -0.672. The van der Waals surface area contributed by atoms with Crippen molar-refractivity contribution in [2.24, 2.45) is 0 Å². The monoisotopic (exact) mass is 345 g/mol. The topological polar surface area (TPSA) is 75.4 Å². The first-order valence-electron chi connectivity index (χ1n) is 8.22. The minimum Gasteiger partial charge on any atom is -0.399 e. The van der Waals surface area contributed by atoms with E-state index in [9.17, 15) is 9.59 Å². The van der Waals surface area contributed by atoms with Crippen LogP contribution in [0.5, 0.6) is 0 Å². The average Bonchev–Trinajstić information content (AvgIpc) is 2.69. The predicted octanol–water partition coefficient (Wildman–Crippen LogP) is 3.25. The molecule has 0 aliphatic rings. The van der Waals surface area contributed by atoms with Crippen LogP contribution in [-0.2, 0) is 16.1 Å². The lowest BCUT2D eigenvalue weighted by Gasteiger charge is -2.22. The molecule has 0 saturated carbocycles. The number of nitrogens with one attached hydrogen (secondary N) is 1. The van der Waals surface area contributed by atoms with Gasteiger partial charge in [-0.2, -0.15) is 0 Å². The number of anilines is 3. The van der Waals surface area contributed by atoms with Gasteiger partial charge in [-0.05, 0) is 42.0 Å². The number of amides is 2. The van der Waals surface area contributed by atoms with Gasteiger partial charge in [-0.15, -0.1) is 0 Å². The molecule has 0 fully saturated rings. The summed E-state index contributed by atoms with van der Waals surface area (Å²) in [4.78, 5) is 26.7. The Morgan fingerprint density at radius 2 is 1.31 bits per heavy atom. The van der Waals surface area contributed by atoms with Gasteiger partial charge in [0.2, 0.25) is 0 Å². The van der Waals surface area contributed by atoms with Crippen molar-refractivity contribution >= 4 is 28.9 Å². The third-order valence-corrected chi connectivity index (χ3v) is 3.86. The molecule has 0 bridgehead atoms. The molecule has 2 amide bonds. The Hall–Kier alpha value is -3.60. The quantitative estimate of drug-likeness (QED) is 0.563. The third kappa shape index (κ3) is 4.08. The van der Waals surface area contributed by atoms with Crippen molar-refractivity contribution < 1.29 is 9.59 Å². The summed E-state index contributed by atoms with van der Waals surface area (Å²) in [6.07, 6.45) is 0. The van der Waals surface area contributed by atoms with Crippen molar-refractivity contribution in [2.45, 2.75) is 6.54 Å². The van der Waals surface area contributed by atoms with Crippen LogP contribution in [0.4, 0.5) is 17.1 Å². The Morgan fingerprint density at radius 1 is 0.769 bits per heavy atom. The maximum atomic E-state index is 12.8. The van der Waals surface area contributed by atoms with E-state index in [4.69, 9.17) is 5.73 Å². The molecule has 0 saturated heterocycles. The Labute approximate surface area is 152 Å². The number of nitrogen functional groups attached to an aromatic ring is 1. The number of carbonyl (C=O) groups excluding carboxylic acids is 2. The number of para-hydroxylation sites is 1. The molecule has 0 aliphatic carbocycles. The summed E-state index contributed by atoms with van der Waals surface area (Å²) in [7, 11) is 0. The first kappa shape index (κ1) is 17.2. The molecule has 26 heavy (non-hydrogen) atoms. The summed E-state index contributed by atoms with van der Waals surface area (Å²) in [5.74, 6) is -1.33. The van der Waals surface area contributed by atoms with Gasteiger partial charge in [-0.3, -0.25) is 14.5 Å². The van der Waals surface area contributed by atoms with Gasteiger partial charge in [0.1, 0.15) is 0 Å².